The van der Waals surface area contributed by atoms with E-state index in [0.717, 1.165) is 54.3 Å². The molecule has 1 aromatic carbocycles. The van der Waals surface area contributed by atoms with Gasteiger partial charge in [-0.25, -0.2) is 9.97 Å². The molecule has 3 aromatic rings. The minimum atomic E-state index is 0.752. The van der Waals surface area contributed by atoms with E-state index in [1.54, 1.807) is 11.1 Å². The molecule has 1 aliphatic rings. The molecule has 1 N–H and O–H groups in total. The third-order valence-electron chi connectivity index (χ3n) is 4.77. The summed E-state index contributed by atoms with van der Waals surface area (Å²) >= 11 is 0. The van der Waals surface area contributed by atoms with E-state index >= 15 is 0 Å². The molecule has 2 aromatic heterocycles. The Labute approximate surface area is 142 Å². The zero-order valence-corrected chi connectivity index (χ0v) is 13.9. The van der Waals surface area contributed by atoms with Crippen LogP contribution in [0.15, 0.2) is 48.8 Å². The molecule has 0 spiro atoms. The van der Waals surface area contributed by atoms with E-state index in [1.807, 2.05) is 24.4 Å². The molecule has 1 fully saturated rings. The molecule has 0 unspecified atom stereocenters. The second-order valence-electron chi connectivity index (χ2n) is 6.22. The number of benzene rings is 1. The fraction of sp³-hybridized carbons (Fsp3) is 0.316. The van der Waals surface area contributed by atoms with Crippen molar-refractivity contribution in [3.63, 3.8) is 0 Å². The molecular weight excluding hydrogens is 298 g/mol. The number of rotatable bonds is 3. The van der Waals surface area contributed by atoms with Gasteiger partial charge in [-0.2, -0.15) is 0 Å². The van der Waals surface area contributed by atoms with Gasteiger partial charge in [0.15, 0.2) is 5.82 Å². The van der Waals surface area contributed by atoms with Crippen molar-refractivity contribution in [1.82, 2.24) is 15.0 Å². The number of hydrogen-bond acceptors (Lipinski definition) is 4. The molecule has 1 saturated heterocycles. The van der Waals surface area contributed by atoms with E-state index in [-0.39, 0.29) is 0 Å². The zero-order valence-electron chi connectivity index (χ0n) is 13.9. The number of nitrogens with zero attached hydrogens (tertiary/aromatic N) is 4. The topological polar surface area (TPSA) is 46.4 Å². The minimum Gasteiger partial charge on any atom is -0.345 e. The van der Waals surface area contributed by atoms with Crippen LogP contribution in [0.2, 0.25) is 0 Å². The summed E-state index contributed by atoms with van der Waals surface area (Å²) in [6.45, 7) is 7.85. The predicted molar refractivity (Wildman–Crippen MR) is 96.2 cm³/mol. The molecule has 24 heavy (non-hydrogen) atoms. The summed E-state index contributed by atoms with van der Waals surface area (Å²) in [5, 5.41) is 1.13. The van der Waals surface area contributed by atoms with Crippen molar-refractivity contribution in [1.29, 1.82) is 0 Å². The van der Waals surface area contributed by atoms with Crippen LogP contribution in [0, 0.1) is 0 Å². The molecule has 5 heteroatoms. The maximum Gasteiger partial charge on any atom is 0.163 e. The number of piperazine rings is 1. The first kappa shape index (κ1) is 15.0. The van der Waals surface area contributed by atoms with E-state index in [1.165, 1.54) is 6.54 Å². The molecule has 0 amide bonds. The Bertz CT molecular complexity index is 826. The van der Waals surface area contributed by atoms with Gasteiger partial charge in [-0.15, -0.1) is 0 Å². The highest BCUT2D eigenvalue weighted by molar-refractivity contribution is 5.91. The van der Waals surface area contributed by atoms with Gasteiger partial charge in [-0.05, 0) is 31.2 Å². The number of aromatic nitrogens is 3. The van der Waals surface area contributed by atoms with E-state index in [4.69, 9.17) is 9.97 Å². The van der Waals surface area contributed by atoms with Gasteiger partial charge in [0.2, 0.25) is 0 Å². The lowest BCUT2D eigenvalue weighted by Crippen LogP contribution is -3.14. The van der Waals surface area contributed by atoms with Gasteiger partial charge in [0, 0.05) is 23.3 Å². The van der Waals surface area contributed by atoms with Crippen molar-refractivity contribution in [3.05, 3.63) is 48.8 Å². The predicted octanol–water partition coefficient (Wildman–Crippen LogP) is 1.42. The summed E-state index contributed by atoms with van der Waals surface area (Å²) in [6, 6.07) is 12.2. The Morgan fingerprint density at radius 2 is 1.88 bits per heavy atom. The SMILES string of the molecule is CC[NH+]1CCN(c2nc(-c3cccnc3)nc3ccccc23)CC1. The molecule has 0 atom stereocenters. The molecule has 1 aliphatic heterocycles. The number of anilines is 1. The molecule has 0 aliphatic carbocycles. The van der Waals surface area contributed by atoms with Crippen LogP contribution in [0.3, 0.4) is 0 Å². The number of fused-ring (bicyclic) bond motifs is 1. The van der Waals surface area contributed by atoms with Crippen LogP contribution < -0.4 is 9.80 Å². The van der Waals surface area contributed by atoms with Crippen molar-refractivity contribution < 1.29 is 4.90 Å². The summed E-state index contributed by atoms with van der Waals surface area (Å²) in [5.74, 6) is 1.80. The highest BCUT2D eigenvalue weighted by atomic mass is 15.3. The third kappa shape index (κ3) is 2.83. The average Bonchev–Trinajstić information content (AvgIpc) is 2.68. The van der Waals surface area contributed by atoms with Crippen molar-refractivity contribution >= 4 is 16.7 Å². The molecule has 5 nitrogen and oxygen atoms in total. The molecule has 0 bridgehead atoms. The summed E-state index contributed by atoms with van der Waals surface area (Å²) in [7, 11) is 0. The second-order valence-corrected chi connectivity index (χ2v) is 6.22. The number of nitrogens with one attached hydrogen (secondary N) is 1. The first-order valence-electron chi connectivity index (χ1n) is 8.61. The van der Waals surface area contributed by atoms with Crippen molar-refractivity contribution in [2.45, 2.75) is 6.92 Å². The lowest BCUT2D eigenvalue weighted by molar-refractivity contribution is -0.898. The Morgan fingerprint density at radius 3 is 2.62 bits per heavy atom. The monoisotopic (exact) mass is 320 g/mol. The van der Waals surface area contributed by atoms with E-state index < -0.39 is 0 Å². The van der Waals surface area contributed by atoms with Gasteiger partial charge >= 0.3 is 0 Å². The van der Waals surface area contributed by atoms with Crippen LogP contribution in [-0.4, -0.2) is 47.7 Å². The molecule has 0 saturated carbocycles. The Morgan fingerprint density at radius 1 is 1.04 bits per heavy atom. The second kappa shape index (κ2) is 6.53. The van der Waals surface area contributed by atoms with Crippen LogP contribution in [0.5, 0.6) is 0 Å². The van der Waals surface area contributed by atoms with E-state index in [9.17, 15) is 0 Å². The third-order valence-corrected chi connectivity index (χ3v) is 4.77. The summed E-state index contributed by atoms with van der Waals surface area (Å²) < 4.78 is 0. The first-order valence-corrected chi connectivity index (χ1v) is 8.61. The minimum absolute atomic E-state index is 0.752. The highest BCUT2D eigenvalue weighted by Gasteiger charge is 2.22. The van der Waals surface area contributed by atoms with Crippen LogP contribution in [-0.2, 0) is 0 Å². The van der Waals surface area contributed by atoms with E-state index in [0.29, 0.717) is 0 Å². The fourth-order valence-electron chi connectivity index (χ4n) is 3.31. The number of quaternary nitrogens is 1. The Balaban J connectivity index is 1.79. The van der Waals surface area contributed by atoms with Crippen molar-refractivity contribution in [2.75, 3.05) is 37.6 Å². The quantitative estimate of drug-likeness (QED) is 0.793. The smallest absolute Gasteiger partial charge is 0.163 e. The zero-order chi connectivity index (χ0) is 16.4. The van der Waals surface area contributed by atoms with Gasteiger partial charge in [0.05, 0.1) is 38.2 Å². The van der Waals surface area contributed by atoms with Gasteiger partial charge in [0.1, 0.15) is 5.82 Å². The Hall–Kier alpha value is -2.53. The number of pyridine rings is 1. The van der Waals surface area contributed by atoms with Crippen LogP contribution in [0.1, 0.15) is 6.92 Å². The van der Waals surface area contributed by atoms with Gasteiger partial charge in [-0.1, -0.05) is 12.1 Å². The van der Waals surface area contributed by atoms with Crippen LogP contribution >= 0.6 is 0 Å². The number of hydrogen-bond donors (Lipinski definition) is 1. The standard InChI is InChI=1S/C19H21N5/c1-2-23-10-12-24(13-11-23)19-16-7-3-4-8-17(16)21-18(22-19)15-6-5-9-20-14-15/h3-9,14H,2,10-13H2,1H3/p+1. The Kier molecular flexibility index (Phi) is 4.09. The normalized spacial score (nSPS) is 15.8. The molecule has 4 rings (SSSR count). The summed E-state index contributed by atoms with van der Waals surface area (Å²) in [4.78, 5) is 17.9. The van der Waals surface area contributed by atoms with Crippen LogP contribution in [0.4, 0.5) is 5.82 Å². The van der Waals surface area contributed by atoms with Crippen molar-refractivity contribution in [3.8, 4) is 11.4 Å². The summed E-state index contributed by atoms with van der Waals surface area (Å²) in [6.07, 6.45) is 3.60. The average molecular weight is 320 g/mol. The maximum atomic E-state index is 4.91. The van der Waals surface area contributed by atoms with Gasteiger partial charge in [0.25, 0.3) is 0 Å². The first-order chi connectivity index (χ1) is 11.8. The van der Waals surface area contributed by atoms with Crippen molar-refractivity contribution in [2.24, 2.45) is 0 Å². The summed E-state index contributed by atoms with van der Waals surface area (Å²) in [5.41, 5.74) is 1.95. The van der Waals surface area contributed by atoms with E-state index in [2.05, 4.69) is 35.0 Å². The van der Waals surface area contributed by atoms with Gasteiger partial charge < -0.3 is 9.80 Å². The highest BCUT2D eigenvalue weighted by Crippen LogP contribution is 2.27. The number of likely N-dealkylation sites (N-methyl/N-ethyl adjacent to an activating group) is 1. The lowest BCUT2D eigenvalue weighted by Gasteiger charge is -2.33. The largest absolute Gasteiger partial charge is 0.345 e. The number of para-hydroxylation sites is 1. The maximum absolute atomic E-state index is 4.91. The lowest BCUT2D eigenvalue weighted by atomic mass is 10.2. The van der Waals surface area contributed by atoms with Crippen LogP contribution in [0.25, 0.3) is 22.3 Å². The van der Waals surface area contributed by atoms with Gasteiger partial charge in [-0.3, -0.25) is 4.98 Å². The molecule has 122 valence electrons. The molecule has 3 heterocycles. The fourth-order valence-corrected chi connectivity index (χ4v) is 3.31. The molecular formula is C19H22N5+. The molecule has 0 radical (unpaired) electrons.